The molecule has 2 aromatic heterocycles. The lowest BCUT2D eigenvalue weighted by Crippen LogP contribution is -2.54. The van der Waals surface area contributed by atoms with Gasteiger partial charge in [-0.25, -0.2) is 19.6 Å². The number of imidazole rings is 2. The molecule has 3 fully saturated rings. The Morgan fingerprint density at radius 1 is 0.627 bits per heavy atom. The van der Waals surface area contributed by atoms with Crippen LogP contribution in [0.3, 0.4) is 0 Å². The van der Waals surface area contributed by atoms with Gasteiger partial charge in [-0.1, -0.05) is 45.0 Å². The number of amides is 4. The fourth-order valence-corrected chi connectivity index (χ4v) is 10.2. The van der Waals surface area contributed by atoms with Gasteiger partial charge in [-0.05, 0) is 111 Å². The third-order valence-corrected chi connectivity index (χ3v) is 14.1. The minimum absolute atomic E-state index is 0.00428. The van der Waals surface area contributed by atoms with Gasteiger partial charge in [-0.2, -0.15) is 0 Å². The first-order valence-electron chi connectivity index (χ1n) is 23.4. The van der Waals surface area contributed by atoms with E-state index in [1.807, 2.05) is 0 Å². The molecule has 358 valence electrons. The number of aromatic nitrogens is 4. The van der Waals surface area contributed by atoms with E-state index in [1.54, 1.807) is 23.6 Å². The van der Waals surface area contributed by atoms with Gasteiger partial charge in [0.25, 0.3) is 0 Å². The Morgan fingerprint density at radius 3 is 1.45 bits per heavy atom. The lowest BCUT2D eigenvalue weighted by molar-refractivity contribution is -0.138. The highest BCUT2D eigenvalue weighted by Crippen LogP contribution is 2.48. The average Bonchev–Trinajstić information content (AvgIpc) is 4.19. The third kappa shape index (κ3) is 9.53. The second kappa shape index (κ2) is 19.6. The van der Waals surface area contributed by atoms with E-state index in [9.17, 15) is 19.2 Å². The summed E-state index contributed by atoms with van der Waals surface area (Å²) in [7, 11) is 5.56. The number of methoxy groups -OCH3 is 4. The fourth-order valence-electron chi connectivity index (χ4n) is 10.2. The summed E-state index contributed by atoms with van der Waals surface area (Å²) in [5.41, 5.74) is 8.09. The van der Waals surface area contributed by atoms with Gasteiger partial charge in [0.15, 0.2) is 0 Å². The maximum atomic E-state index is 14.0. The van der Waals surface area contributed by atoms with Gasteiger partial charge in [0.1, 0.15) is 23.7 Å². The van der Waals surface area contributed by atoms with Crippen molar-refractivity contribution < 1.29 is 38.1 Å². The molecule has 17 nitrogen and oxygen atoms in total. The largest absolute Gasteiger partial charge is 0.453 e. The zero-order valence-corrected chi connectivity index (χ0v) is 40.1. The zero-order chi connectivity index (χ0) is 47.7. The quantitative estimate of drug-likeness (QED) is 0.0905. The molecule has 5 heterocycles. The first kappa shape index (κ1) is 47.3. The van der Waals surface area contributed by atoms with Gasteiger partial charge in [0, 0.05) is 33.0 Å². The van der Waals surface area contributed by atoms with Gasteiger partial charge in [-0.15, -0.1) is 0 Å². The van der Waals surface area contributed by atoms with Crippen molar-refractivity contribution in [1.82, 2.24) is 40.4 Å². The number of fused-ring (bicyclic) bond motifs is 2. The van der Waals surface area contributed by atoms with E-state index in [2.05, 4.69) is 107 Å². The molecule has 3 saturated heterocycles. The number of nitrogens with one attached hydrogen (secondary N) is 4. The summed E-state index contributed by atoms with van der Waals surface area (Å²) in [6.07, 6.45) is 2.33. The molecule has 0 radical (unpaired) electrons. The van der Waals surface area contributed by atoms with Crippen LogP contribution in [0.5, 0.6) is 0 Å². The number of rotatable bonds is 13. The van der Waals surface area contributed by atoms with Gasteiger partial charge >= 0.3 is 12.2 Å². The smallest absolute Gasteiger partial charge is 0.407 e. The van der Waals surface area contributed by atoms with Crippen LogP contribution in [0.25, 0.3) is 22.1 Å². The van der Waals surface area contributed by atoms with Crippen molar-refractivity contribution in [3.05, 3.63) is 89.0 Å². The Hall–Kier alpha value is -6.20. The number of alkyl carbamates (subject to hydrolysis) is 2. The summed E-state index contributed by atoms with van der Waals surface area (Å²) < 4.78 is 20.6. The maximum Gasteiger partial charge on any atom is 0.407 e. The highest BCUT2D eigenvalue weighted by atomic mass is 16.5. The third-order valence-electron chi connectivity index (χ3n) is 14.1. The Bertz CT molecular complexity index is 2440. The number of nitrogens with zero attached hydrogens (tertiary/aromatic N) is 5. The Balaban J connectivity index is 1.08. The Morgan fingerprint density at radius 2 is 1.06 bits per heavy atom. The molecule has 0 aliphatic carbocycles. The van der Waals surface area contributed by atoms with Crippen LogP contribution in [0, 0.1) is 0 Å². The zero-order valence-electron chi connectivity index (χ0n) is 40.1. The Kier molecular flexibility index (Phi) is 13.8. The molecule has 3 aliphatic heterocycles. The molecule has 8 atom stereocenters. The molecule has 4 N–H and O–H groups in total. The minimum atomic E-state index is -0.918. The fraction of sp³-hybridized carbons (Fsp3) is 0.520. The van der Waals surface area contributed by atoms with Crippen molar-refractivity contribution >= 4 is 51.8 Å². The van der Waals surface area contributed by atoms with E-state index >= 15 is 0 Å². The average molecular weight is 920 g/mol. The van der Waals surface area contributed by atoms with Crippen LogP contribution in [-0.4, -0.2) is 120 Å². The molecule has 4 amide bonds. The van der Waals surface area contributed by atoms with Crippen LogP contribution >= 0.6 is 0 Å². The number of anilines is 1. The van der Waals surface area contributed by atoms with Crippen molar-refractivity contribution in [2.45, 2.75) is 127 Å². The van der Waals surface area contributed by atoms with Crippen LogP contribution in [0.1, 0.15) is 126 Å². The van der Waals surface area contributed by atoms with Crippen LogP contribution in [0.2, 0.25) is 0 Å². The molecule has 0 spiro atoms. The van der Waals surface area contributed by atoms with Gasteiger partial charge < -0.3 is 54.2 Å². The second-order valence-corrected chi connectivity index (χ2v) is 19.1. The topological polar surface area (TPSA) is 196 Å². The van der Waals surface area contributed by atoms with Crippen molar-refractivity contribution in [3.63, 3.8) is 0 Å². The summed E-state index contributed by atoms with van der Waals surface area (Å²) in [6.45, 7) is 11.2. The monoisotopic (exact) mass is 919 g/mol. The summed E-state index contributed by atoms with van der Waals surface area (Å²) in [4.78, 5) is 75.7. The van der Waals surface area contributed by atoms with Crippen LogP contribution in [-0.2, 0) is 34.0 Å². The maximum absolute atomic E-state index is 14.0. The van der Waals surface area contributed by atoms with Crippen LogP contribution in [0.4, 0.5) is 15.3 Å². The predicted octanol–water partition coefficient (Wildman–Crippen LogP) is 7.67. The minimum Gasteiger partial charge on any atom is -0.453 e. The van der Waals surface area contributed by atoms with Gasteiger partial charge in [0.2, 0.25) is 11.8 Å². The van der Waals surface area contributed by atoms with E-state index in [-0.39, 0.29) is 41.4 Å². The number of likely N-dealkylation sites (tertiary alicyclic amines) is 2. The van der Waals surface area contributed by atoms with E-state index in [1.165, 1.54) is 34.0 Å². The van der Waals surface area contributed by atoms with Gasteiger partial charge in [-0.3, -0.25) is 9.59 Å². The van der Waals surface area contributed by atoms with Crippen molar-refractivity contribution in [3.8, 4) is 0 Å². The Labute approximate surface area is 391 Å². The molecular weight excluding hydrogens is 855 g/mol. The van der Waals surface area contributed by atoms with E-state index in [4.69, 9.17) is 28.9 Å². The number of carbonyl (C=O) groups is 4. The van der Waals surface area contributed by atoms with Gasteiger partial charge in [0.05, 0.1) is 72.7 Å². The molecule has 67 heavy (non-hydrogen) atoms. The summed E-state index contributed by atoms with van der Waals surface area (Å²) in [5, 5.41) is 5.33. The lowest BCUT2D eigenvalue weighted by atomic mass is 9.87. The molecule has 3 aromatic carbocycles. The molecule has 5 aromatic rings. The van der Waals surface area contributed by atoms with Crippen molar-refractivity contribution in [1.29, 1.82) is 0 Å². The first-order valence-corrected chi connectivity index (χ1v) is 23.4. The number of aromatic amines is 2. The van der Waals surface area contributed by atoms with E-state index < -0.39 is 36.5 Å². The molecule has 17 heteroatoms. The molecule has 8 rings (SSSR count). The van der Waals surface area contributed by atoms with Crippen molar-refractivity contribution in [2.75, 3.05) is 46.4 Å². The summed E-state index contributed by atoms with van der Waals surface area (Å²) in [6, 6.07) is 19.5. The number of ether oxygens (including phenoxy) is 4. The second-order valence-electron chi connectivity index (χ2n) is 19.1. The first-order chi connectivity index (χ1) is 32.1. The van der Waals surface area contributed by atoms with Crippen molar-refractivity contribution in [2.24, 2.45) is 0 Å². The summed E-state index contributed by atoms with van der Waals surface area (Å²) in [5.74, 6) is 0.922. The van der Waals surface area contributed by atoms with Crippen LogP contribution < -0.4 is 15.5 Å². The highest BCUT2D eigenvalue weighted by Gasteiger charge is 2.41. The van der Waals surface area contributed by atoms with E-state index in [0.717, 1.165) is 77.4 Å². The molecule has 0 saturated carbocycles. The molecule has 0 bridgehead atoms. The highest BCUT2D eigenvalue weighted by molar-refractivity contribution is 5.88. The van der Waals surface area contributed by atoms with E-state index in [0.29, 0.717) is 24.7 Å². The predicted molar refractivity (Wildman–Crippen MR) is 253 cm³/mol. The number of carbonyl (C=O) groups excluding carboxylic acids is 4. The molecule has 4 unspecified atom stereocenters. The number of hydrogen-bond acceptors (Lipinski definition) is 11. The number of benzene rings is 3. The molecule has 3 aliphatic rings. The lowest BCUT2D eigenvalue weighted by Gasteiger charge is -2.34. The van der Waals surface area contributed by atoms with Crippen LogP contribution in [0.15, 0.2) is 60.7 Å². The standard InChI is InChI=1S/C50H65N9O8/c1-28(64-6)42(55-48(62)66-8)46(60)57-24-10-12-40(57)44-51-34-20-14-30(26-36(34)53-44)38-22-23-39(59(38)33-18-16-32(17-19-33)50(3,4)5)31-15-21-35-37(27-31)54-45(52-35)41-13-11-25-58(41)47(61)43(29(2)65-7)56-49(63)67-9/h14-21,26-29,38-43H,10-13,22-25H2,1-9H3,(H,51,53)(H,52,54)(H,55,62)(H,56,63)/t28-,29?,38?,39-,40+,41?,42?,43+/m1/s1. The number of hydrogen-bond donors (Lipinski definition) is 4. The number of H-pyrrole nitrogens is 2. The molecular formula is C50H65N9O8. The SMILES string of the molecule is COC(=O)NC(C(=O)N1CCC[C@H]1c1nc2ccc(C3CC[C@H](c4ccc5nc(C6CCCN6C(=O)[C@@H](NC(=O)OC)C(C)OC)[nH]c5c4)N3c3ccc(C(C)(C)C)cc3)cc2[nH]1)[C@@H](C)OC. The normalized spacial score (nSPS) is 21.7. The summed E-state index contributed by atoms with van der Waals surface area (Å²) >= 11 is 0.